The highest BCUT2D eigenvalue weighted by Gasteiger charge is 2.31. The van der Waals surface area contributed by atoms with Crippen LogP contribution >= 0.6 is 0 Å². The number of nitrogens with zero attached hydrogens (tertiary/aromatic N) is 4. The second-order valence-corrected chi connectivity index (χ2v) is 7.48. The van der Waals surface area contributed by atoms with E-state index in [1.165, 1.54) is 34.9 Å². The number of rotatable bonds is 5. The van der Waals surface area contributed by atoms with Crippen molar-refractivity contribution in [1.82, 2.24) is 14.3 Å². The van der Waals surface area contributed by atoms with Crippen molar-refractivity contribution in [2.75, 3.05) is 13.1 Å². The number of aromatic nitrogens is 2. The van der Waals surface area contributed by atoms with Gasteiger partial charge in [-0.05, 0) is 25.0 Å². The van der Waals surface area contributed by atoms with E-state index in [1.807, 2.05) is 0 Å². The summed E-state index contributed by atoms with van der Waals surface area (Å²) in [6.45, 7) is 0.576. The quantitative estimate of drug-likeness (QED) is 0.584. The highest BCUT2D eigenvalue weighted by atomic mass is 32.2. The van der Waals surface area contributed by atoms with E-state index in [1.54, 1.807) is 12.3 Å². The van der Waals surface area contributed by atoms with Gasteiger partial charge in [0.1, 0.15) is 12.4 Å². The molecule has 1 unspecified atom stereocenters. The minimum atomic E-state index is -3.73. The molecule has 0 amide bonds. The van der Waals surface area contributed by atoms with E-state index in [9.17, 15) is 18.5 Å². The van der Waals surface area contributed by atoms with Gasteiger partial charge >= 0.3 is 0 Å². The molecular formula is C15H16N4O5S. The molecule has 0 aliphatic carbocycles. The molecule has 1 aromatic heterocycles. The number of non-ortho nitro benzene ring substituents is 1. The summed E-state index contributed by atoms with van der Waals surface area (Å²) in [7, 11) is -3.73. The summed E-state index contributed by atoms with van der Waals surface area (Å²) < 4.78 is 32.5. The Morgan fingerprint density at radius 1 is 1.24 bits per heavy atom. The smallest absolute Gasteiger partial charge is 0.269 e. The Balaban J connectivity index is 1.74. The second kappa shape index (κ2) is 7.11. The normalized spacial score (nSPS) is 18.6. The van der Waals surface area contributed by atoms with E-state index in [0.29, 0.717) is 18.8 Å². The van der Waals surface area contributed by atoms with Crippen LogP contribution in [0.15, 0.2) is 47.8 Å². The van der Waals surface area contributed by atoms with Gasteiger partial charge in [0.2, 0.25) is 15.9 Å². The van der Waals surface area contributed by atoms with Gasteiger partial charge in [-0.2, -0.15) is 4.31 Å². The fourth-order valence-electron chi connectivity index (χ4n) is 2.63. The molecule has 132 valence electrons. The summed E-state index contributed by atoms with van der Waals surface area (Å²) in [5, 5.41) is 10.7. The number of benzene rings is 1. The summed E-state index contributed by atoms with van der Waals surface area (Å²) >= 11 is 0. The molecule has 0 bridgehead atoms. The summed E-state index contributed by atoms with van der Waals surface area (Å²) in [6.07, 6.45) is 3.98. The minimum Gasteiger partial charge on any atom is -0.473 e. The number of hydrogen-bond donors (Lipinski definition) is 0. The fraction of sp³-hybridized carbons (Fsp3) is 0.333. The molecule has 1 aromatic carbocycles. The van der Waals surface area contributed by atoms with Crippen LogP contribution in [0.4, 0.5) is 5.69 Å². The predicted octanol–water partition coefficient (Wildman–Crippen LogP) is 1.62. The van der Waals surface area contributed by atoms with Crippen LogP contribution in [0, 0.1) is 10.1 Å². The van der Waals surface area contributed by atoms with E-state index in [4.69, 9.17) is 4.74 Å². The van der Waals surface area contributed by atoms with Crippen LogP contribution in [0.3, 0.4) is 0 Å². The van der Waals surface area contributed by atoms with Crippen LogP contribution < -0.4 is 4.74 Å². The molecular weight excluding hydrogens is 348 g/mol. The third-order valence-electron chi connectivity index (χ3n) is 3.87. The highest BCUT2D eigenvalue weighted by molar-refractivity contribution is 7.89. The summed E-state index contributed by atoms with van der Waals surface area (Å²) in [5.41, 5.74) is -0.150. The number of nitro benzene ring substituents is 1. The summed E-state index contributed by atoms with van der Waals surface area (Å²) in [6, 6.07) is 6.49. The zero-order valence-electron chi connectivity index (χ0n) is 13.2. The van der Waals surface area contributed by atoms with Crippen LogP contribution in [0.5, 0.6) is 5.88 Å². The van der Waals surface area contributed by atoms with Gasteiger partial charge in [0, 0.05) is 30.9 Å². The van der Waals surface area contributed by atoms with Crippen molar-refractivity contribution >= 4 is 15.7 Å². The zero-order chi connectivity index (χ0) is 17.9. The lowest BCUT2D eigenvalue weighted by atomic mass is 10.1. The van der Waals surface area contributed by atoms with Crippen LogP contribution in [0.2, 0.25) is 0 Å². The van der Waals surface area contributed by atoms with Crippen LogP contribution in [-0.2, 0) is 10.0 Å². The minimum absolute atomic E-state index is 0.0285. The first-order valence-corrected chi connectivity index (χ1v) is 9.08. The van der Waals surface area contributed by atoms with E-state index in [0.717, 1.165) is 6.42 Å². The second-order valence-electron chi connectivity index (χ2n) is 5.54. The Morgan fingerprint density at radius 3 is 2.64 bits per heavy atom. The lowest BCUT2D eigenvalue weighted by Crippen LogP contribution is -2.44. The Labute approximate surface area is 144 Å². The summed E-state index contributed by atoms with van der Waals surface area (Å²) in [4.78, 5) is 17.9. The number of nitro groups is 1. The first kappa shape index (κ1) is 17.2. The molecule has 10 heteroatoms. The molecule has 0 radical (unpaired) electrons. The Hall–Kier alpha value is -2.59. The van der Waals surface area contributed by atoms with Crippen LogP contribution in [0.1, 0.15) is 12.8 Å². The lowest BCUT2D eigenvalue weighted by Gasteiger charge is -2.31. The van der Waals surface area contributed by atoms with Crippen molar-refractivity contribution in [2.24, 2.45) is 0 Å². The van der Waals surface area contributed by atoms with Gasteiger partial charge in [0.15, 0.2) is 0 Å². The van der Waals surface area contributed by atoms with Gasteiger partial charge in [-0.1, -0.05) is 0 Å². The predicted molar refractivity (Wildman–Crippen MR) is 87.5 cm³/mol. The Morgan fingerprint density at radius 2 is 2.00 bits per heavy atom. The van der Waals surface area contributed by atoms with Gasteiger partial charge in [-0.15, -0.1) is 0 Å². The van der Waals surface area contributed by atoms with Gasteiger partial charge in [-0.25, -0.2) is 18.4 Å². The van der Waals surface area contributed by atoms with Crippen molar-refractivity contribution in [2.45, 2.75) is 23.8 Å². The third kappa shape index (κ3) is 3.91. The molecule has 1 atom stereocenters. The van der Waals surface area contributed by atoms with Gasteiger partial charge in [0.25, 0.3) is 5.69 Å². The van der Waals surface area contributed by atoms with Crippen molar-refractivity contribution < 1.29 is 18.1 Å². The monoisotopic (exact) mass is 364 g/mol. The standard InChI is InChI=1S/C15H16N4O5S/c20-19(21)12-3-5-14(6-4-12)25(22,23)18-9-1-2-13(10-18)24-15-7-8-16-11-17-15/h3-8,11,13H,1-2,9-10H2. The molecule has 0 saturated carbocycles. The van der Waals surface area contributed by atoms with Gasteiger partial charge in [-0.3, -0.25) is 10.1 Å². The van der Waals surface area contributed by atoms with E-state index in [-0.39, 0.29) is 23.2 Å². The molecule has 25 heavy (non-hydrogen) atoms. The molecule has 1 aliphatic heterocycles. The number of ether oxygens (including phenoxy) is 1. The van der Waals surface area contributed by atoms with Crippen molar-refractivity contribution in [3.8, 4) is 5.88 Å². The molecule has 1 fully saturated rings. The lowest BCUT2D eigenvalue weighted by molar-refractivity contribution is -0.384. The topological polar surface area (TPSA) is 116 Å². The maximum absolute atomic E-state index is 12.7. The van der Waals surface area contributed by atoms with Gasteiger partial charge in [0.05, 0.1) is 16.4 Å². The number of piperidine rings is 1. The number of hydrogen-bond acceptors (Lipinski definition) is 7. The number of sulfonamides is 1. The Bertz CT molecular complexity index is 842. The molecule has 2 aromatic rings. The maximum atomic E-state index is 12.7. The van der Waals surface area contributed by atoms with E-state index >= 15 is 0 Å². The van der Waals surface area contributed by atoms with Crippen LogP contribution in [-0.4, -0.2) is 46.8 Å². The highest BCUT2D eigenvalue weighted by Crippen LogP contribution is 2.24. The van der Waals surface area contributed by atoms with Crippen molar-refractivity contribution in [3.63, 3.8) is 0 Å². The largest absolute Gasteiger partial charge is 0.473 e. The summed E-state index contributed by atoms with van der Waals surface area (Å²) in [5.74, 6) is 0.398. The van der Waals surface area contributed by atoms with Gasteiger partial charge < -0.3 is 4.74 Å². The molecule has 2 heterocycles. The van der Waals surface area contributed by atoms with Crippen molar-refractivity contribution in [3.05, 3.63) is 53.0 Å². The van der Waals surface area contributed by atoms with Crippen molar-refractivity contribution in [1.29, 1.82) is 0 Å². The maximum Gasteiger partial charge on any atom is 0.269 e. The molecule has 3 rings (SSSR count). The molecule has 1 saturated heterocycles. The first-order chi connectivity index (χ1) is 12.0. The van der Waals surface area contributed by atoms with E-state index in [2.05, 4.69) is 9.97 Å². The fourth-order valence-corrected chi connectivity index (χ4v) is 4.14. The molecule has 0 N–H and O–H groups in total. The first-order valence-electron chi connectivity index (χ1n) is 7.64. The molecule has 0 spiro atoms. The van der Waals surface area contributed by atoms with E-state index < -0.39 is 14.9 Å². The molecule has 9 nitrogen and oxygen atoms in total. The SMILES string of the molecule is O=[N+]([O-])c1ccc(S(=O)(=O)N2CCCC(Oc3ccncn3)C2)cc1. The average molecular weight is 364 g/mol. The third-order valence-corrected chi connectivity index (χ3v) is 5.75. The average Bonchev–Trinajstić information content (AvgIpc) is 2.63. The molecule has 1 aliphatic rings. The Kier molecular flexibility index (Phi) is 4.91. The zero-order valence-corrected chi connectivity index (χ0v) is 14.0. The van der Waals surface area contributed by atoms with Crippen LogP contribution in [0.25, 0.3) is 0 Å².